The second-order valence-electron chi connectivity index (χ2n) is 6.51. The standard InChI is InChI=1S/C22H24N2O2S2/c1-15-6-7-17(13-16(15)2)20-14-28-22(23-20)24-21(25)5-4-12-27-19-10-8-18(26-3)9-11-19/h6-11,13-14H,4-5,12H2,1-3H3,(H,23,24,25). The van der Waals surface area contributed by atoms with E-state index in [1.165, 1.54) is 27.4 Å². The normalized spacial score (nSPS) is 10.7. The van der Waals surface area contributed by atoms with E-state index in [0.717, 1.165) is 29.2 Å². The first-order valence-corrected chi connectivity index (χ1v) is 11.0. The van der Waals surface area contributed by atoms with Crippen molar-refractivity contribution in [3.63, 3.8) is 0 Å². The SMILES string of the molecule is COc1ccc(SCCCC(=O)Nc2nc(-c3ccc(C)c(C)c3)cs2)cc1. The molecule has 0 saturated carbocycles. The number of carbonyl (C=O) groups is 1. The van der Waals surface area contributed by atoms with Crippen molar-refractivity contribution < 1.29 is 9.53 Å². The lowest BCUT2D eigenvalue weighted by Crippen LogP contribution is -2.11. The number of benzene rings is 2. The Labute approximate surface area is 174 Å². The highest BCUT2D eigenvalue weighted by molar-refractivity contribution is 7.99. The van der Waals surface area contributed by atoms with Crippen molar-refractivity contribution in [3.05, 3.63) is 59.0 Å². The topological polar surface area (TPSA) is 51.2 Å². The van der Waals surface area contributed by atoms with Crippen LogP contribution in [-0.4, -0.2) is 23.8 Å². The second-order valence-corrected chi connectivity index (χ2v) is 8.54. The smallest absolute Gasteiger partial charge is 0.226 e. The van der Waals surface area contributed by atoms with Gasteiger partial charge < -0.3 is 10.1 Å². The Bertz CT molecular complexity index is 936. The zero-order valence-electron chi connectivity index (χ0n) is 16.3. The van der Waals surface area contributed by atoms with Gasteiger partial charge in [0.05, 0.1) is 12.8 Å². The van der Waals surface area contributed by atoms with Crippen molar-refractivity contribution in [3.8, 4) is 17.0 Å². The van der Waals surface area contributed by atoms with E-state index in [1.807, 2.05) is 29.6 Å². The monoisotopic (exact) mass is 412 g/mol. The fourth-order valence-electron chi connectivity index (χ4n) is 2.64. The van der Waals surface area contributed by atoms with Crippen LogP contribution in [0.1, 0.15) is 24.0 Å². The van der Waals surface area contributed by atoms with Crippen molar-refractivity contribution in [2.75, 3.05) is 18.2 Å². The highest BCUT2D eigenvalue weighted by atomic mass is 32.2. The molecule has 2 aromatic carbocycles. The fourth-order valence-corrected chi connectivity index (χ4v) is 4.23. The number of amides is 1. The van der Waals surface area contributed by atoms with Crippen LogP contribution in [-0.2, 0) is 4.79 Å². The van der Waals surface area contributed by atoms with E-state index >= 15 is 0 Å². The number of methoxy groups -OCH3 is 1. The maximum atomic E-state index is 12.2. The summed E-state index contributed by atoms with van der Waals surface area (Å²) in [5.74, 6) is 1.76. The highest BCUT2D eigenvalue weighted by Crippen LogP contribution is 2.27. The number of hydrogen-bond acceptors (Lipinski definition) is 5. The third kappa shape index (κ3) is 5.59. The molecule has 1 aromatic heterocycles. The van der Waals surface area contributed by atoms with Gasteiger partial charge in [-0.2, -0.15) is 0 Å². The van der Waals surface area contributed by atoms with Gasteiger partial charge in [0, 0.05) is 22.3 Å². The van der Waals surface area contributed by atoms with E-state index in [0.29, 0.717) is 11.6 Å². The minimum absolute atomic E-state index is 0.0105. The predicted molar refractivity (Wildman–Crippen MR) is 119 cm³/mol. The van der Waals surface area contributed by atoms with E-state index in [9.17, 15) is 4.79 Å². The molecule has 3 rings (SSSR count). The molecule has 28 heavy (non-hydrogen) atoms. The molecule has 0 radical (unpaired) electrons. The lowest BCUT2D eigenvalue weighted by atomic mass is 10.1. The van der Waals surface area contributed by atoms with E-state index in [-0.39, 0.29) is 5.91 Å². The number of thioether (sulfide) groups is 1. The number of rotatable bonds is 8. The number of nitrogens with zero attached hydrogens (tertiary/aromatic N) is 1. The van der Waals surface area contributed by atoms with Crippen LogP contribution in [0.5, 0.6) is 5.75 Å². The fraction of sp³-hybridized carbons (Fsp3) is 0.273. The molecule has 146 valence electrons. The Morgan fingerprint density at radius 3 is 2.64 bits per heavy atom. The van der Waals surface area contributed by atoms with Crippen LogP contribution in [0.15, 0.2) is 52.7 Å². The zero-order chi connectivity index (χ0) is 19.9. The van der Waals surface area contributed by atoms with Crippen LogP contribution in [0.25, 0.3) is 11.3 Å². The summed E-state index contributed by atoms with van der Waals surface area (Å²) in [4.78, 5) is 17.9. The first kappa shape index (κ1) is 20.4. The van der Waals surface area contributed by atoms with E-state index in [2.05, 4.69) is 42.3 Å². The highest BCUT2D eigenvalue weighted by Gasteiger charge is 2.09. The molecule has 0 aliphatic carbocycles. The molecule has 1 heterocycles. The molecule has 6 heteroatoms. The minimum atomic E-state index is 0.0105. The average Bonchev–Trinajstić information content (AvgIpc) is 3.16. The molecular formula is C22H24N2O2S2. The first-order valence-electron chi connectivity index (χ1n) is 9.15. The molecule has 0 bridgehead atoms. The first-order chi connectivity index (χ1) is 13.5. The molecule has 0 fully saturated rings. The van der Waals surface area contributed by atoms with Gasteiger partial charge in [-0.25, -0.2) is 4.98 Å². The van der Waals surface area contributed by atoms with Crippen molar-refractivity contribution >= 4 is 34.1 Å². The second kappa shape index (κ2) is 9.75. The largest absolute Gasteiger partial charge is 0.497 e. The molecule has 0 saturated heterocycles. The van der Waals surface area contributed by atoms with Gasteiger partial charge in [0.2, 0.25) is 5.91 Å². The maximum Gasteiger partial charge on any atom is 0.226 e. The van der Waals surface area contributed by atoms with Gasteiger partial charge in [-0.3, -0.25) is 4.79 Å². The van der Waals surface area contributed by atoms with Crippen molar-refractivity contribution in [1.82, 2.24) is 4.98 Å². The number of nitrogens with one attached hydrogen (secondary N) is 1. The van der Waals surface area contributed by atoms with Crippen LogP contribution in [0.2, 0.25) is 0 Å². The Morgan fingerprint density at radius 2 is 1.93 bits per heavy atom. The number of thiazole rings is 1. The molecule has 1 amide bonds. The summed E-state index contributed by atoms with van der Waals surface area (Å²) in [6, 6.07) is 14.3. The Balaban J connectivity index is 1.44. The summed E-state index contributed by atoms with van der Waals surface area (Å²) in [6.07, 6.45) is 1.31. The molecule has 0 spiro atoms. The molecule has 4 nitrogen and oxygen atoms in total. The van der Waals surface area contributed by atoms with E-state index < -0.39 is 0 Å². The molecule has 0 unspecified atom stereocenters. The number of aryl methyl sites for hydroxylation is 2. The average molecular weight is 413 g/mol. The van der Waals surface area contributed by atoms with Crippen LogP contribution in [0.3, 0.4) is 0 Å². The zero-order valence-corrected chi connectivity index (χ0v) is 18.0. The van der Waals surface area contributed by atoms with Gasteiger partial charge >= 0.3 is 0 Å². The molecule has 3 aromatic rings. The van der Waals surface area contributed by atoms with Crippen LogP contribution in [0, 0.1) is 13.8 Å². The van der Waals surface area contributed by atoms with Crippen LogP contribution >= 0.6 is 23.1 Å². The van der Waals surface area contributed by atoms with E-state index in [4.69, 9.17) is 4.74 Å². The number of anilines is 1. The summed E-state index contributed by atoms with van der Waals surface area (Å²) in [5, 5.41) is 5.55. The predicted octanol–water partition coefficient (Wildman–Crippen LogP) is 5.95. The lowest BCUT2D eigenvalue weighted by Gasteiger charge is -2.04. The van der Waals surface area contributed by atoms with E-state index in [1.54, 1.807) is 18.9 Å². The molecule has 0 aliphatic rings. The van der Waals surface area contributed by atoms with Crippen molar-refractivity contribution in [2.24, 2.45) is 0 Å². The number of ether oxygens (including phenoxy) is 1. The van der Waals surface area contributed by atoms with Gasteiger partial charge in [-0.15, -0.1) is 23.1 Å². The molecular weight excluding hydrogens is 388 g/mol. The Kier molecular flexibility index (Phi) is 7.12. The number of hydrogen-bond donors (Lipinski definition) is 1. The summed E-state index contributed by atoms with van der Waals surface area (Å²) < 4.78 is 5.16. The minimum Gasteiger partial charge on any atom is -0.497 e. The summed E-state index contributed by atoms with van der Waals surface area (Å²) in [6.45, 7) is 4.19. The summed E-state index contributed by atoms with van der Waals surface area (Å²) >= 11 is 3.21. The van der Waals surface area contributed by atoms with Crippen LogP contribution in [0.4, 0.5) is 5.13 Å². The van der Waals surface area contributed by atoms with Crippen molar-refractivity contribution in [1.29, 1.82) is 0 Å². The van der Waals surface area contributed by atoms with Gasteiger partial charge in [-0.1, -0.05) is 12.1 Å². The van der Waals surface area contributed by atoms with Gasteiger partial charge in [-0.05, 0) is 67.5 Å². The lowest BCUT2D eigenvalue weighted by molar-refractivity contribution is -0.116. The Morgan fingerprint density at radius 1 is 1.14 bits per heavy atom. The maximum absolute atomic E-state index is 12.2. The summed E-state index contributed by atoms with van der Waals surface area (Å²) in [7, 11) is 1.66. The number of carbonyl (C=O) groups excluding carboxylic acids is 1. The molecule has 0 aliphatic heterocycles. The van der Waals surface area contributed by atoms with Gasteiger partial charge in [0.1, 0.15) is 5.75 Å². The number of aromatic nitrogens is 1. The summed E-state index contributed by atoms with van der Waals surface area (Å²) in [5.41, 5.74) is 4.49. The van der Waals surface area contributed by atoms with Gasteiger partial charge in [0.15, 0.2) is 5.13 Å². The molecule has 1 N–H and O–H groups in total. The van der Waals surface area contributed by atoms with Crippen molar-refractivity contribution in [2.45, 2.75) is 31.6 Å². The van der Waals surface area contributed by atoms with Gasteiger partial charge in [0.25, 0.3) is 0 Å². The van der Waals surface area contributed by atoms with Crippen LogP contribution < -0.4 is 10.1 Å². The third-order valence-electron chi connectivity index (χ3n) is 4.43. The molecule has 0 atom stereocenters. The quantitative estimate of drug-likeness (QED) is 0.367. The third-order valence-corrected chi connectivity index (χ3v) is 6.29. The Hall–Kier alpha value is -2.31.